The van der Waals surface area contributed by atoms with Gasteiger partial charge in [-0.2, -0.15) is 0 Å². The molecule has 0 saturated heterocycles. The lowest BCUT2D eigenvalue weighted by atomic mass is 10.1. The first-order chi connectivity index (χ1) is 14.2. The van der Waals surface area contributed by atoms with Gasteiger partial charge in [0.15, 0.2) is 0 Å². The van der Waals surface area contributed by atoms with E-state index < -0.39 is 21.3 Å². The van der Waals surface area contributed by atoms with Crippen molar-refractivity contribution in [3.05, 3.63) is 75.1 Å². The number of aromatic amines is 1. The van der Waals surface area contributed by atoms with Gasteiger partial charge in [-0.05, 0) is 42.3 Å². The Kier molecular flexibility index (Phi) is 4.58. The minimum atomic E-state index is -3.80. The van der Waals surface area contributed by atoms with Crippen molar-refractivity contribution in [1.82, 2.24) is 19.1 Å². The number of fused-ring (bicyclic) bond motifs is 1. The van der Waals surface area contributed by atoms with Gasteiger partial charge in [0.05, 0.1) is 10.4 Å². The summed E-state index contributed by atoms with van der Waals surface area (Å²) >= 11 is 0. The van der Waals surface area contributed by atoms with Crippen molar-refractivity contribution in [3.8, 4) is 11.3 Å². The monoisotopic (exact) mass is 425 g/mol. The van der Waals surface area contributed by atoms with Crippen molar-refractivity contribution in [2.45, 2.75) is 11.8 Å². The van der Waals surface area contributed by atoms with Crippen LogP contribution in [0.4, 0.5) is 5.82 Å². The highest BCUT2D eigenvalue weighted by molar-refractivity contribution is 7.92. The number of H-pyrrole nitrogens is 1. The van der Waals surface area contributed by atoms with Gasteiger partial charge in [-0.15, -0.1) is 0 Å². The summed E-state index contributed by atoms with van der Waals surface area (Å²) in [7, 11) is -0.794. The second kappa shape index (κ2) is 6.99. The number of pyridine rings is 1. The highest BCUT2D eigenvalue weighted by Gasteiger charge is 2.16. The highest BCUT2D eigenvalue weighted by atomic mass is 32.2. The zero-order valence-electron chi connectivity index (χ0n) is 16.5. The Morgan fingerprint density at radius 1 is 1.00 bits per heavy atom. The fraction of sp³-hybridized carbons (Fsp3) is 0.150. The third-order valence-corrected chi connectivity index (χ3v) is 6.25. The molecule has 4 aromatic rings. The van der Waals surface area contributed by atoms with Crippen LogP contribution in [-0.4, -0.2) is 27.5 Å². The second-order valence-electron chi connectivity index (χ2n) is 7.00. The van der Waals surface area contributed by atoms with Crippen LogP contribution in [0, 0.1) is 6.92 Å². The highest BCUT2D eigenvalue weighted by Crippen LogP contribution is 2.24. The number of nitrogens with zero attached hydrogens (tertiary/aromatic N) is 3. The summed E-state index contributed by atoms with van der Waals surface area (Å²) in [4.78, 5) is 31.6. The van der Waals surface area contributed by atoms with E-state index in [-0.39, 0.29) is 10.7 Å². The quantitative estimate of drug-likeness (QED) is 0.516. The van der Waals surface area contributed by atoms with E-state index in [1.165, 1.54) is 23.7 Å². The molecule has 0 atom stereocenters. The predicted octanol–water partition coefficient (Wildman–Crippen LogP) is 1.74. The molecule has 0 unspecified atom stereocenters. The fourth-order valence-electron chi connectivity index (χ4n) is 3.15. The van der Waals surface area contributed by atoms with Crippen molar-refractivity contribution >= 4 is 26.9 Å². The molecule has 154 valence electrons. The molecule has 0 aliphatic rings. The third kappa shape index (κ3) is 3.30. The van der Waals surface area contributed by atoms with Gasteiger partial charge < -0.3 is 4.98 Å². The van der Waals surface area contributed by atoms with E-state index in [2.05, 4.69) is 14.7 Å². The minimum Gasteiger partial charge on any atom is -0.349 e. The molecular weight excluding hydrogens is 406 g/mol. The van der Waals surface area contributed by atoms with Crippen LogP contribution in [0.15, 0.2) is 63.1 Å². The van der Waals surface area contributed by atoms with E-state index in [0.717, 1.165) is 10.1 Å². The third-order valence-electron chi connectivity index (χ3n) is 4.88. The molecule has 0 spiro atoms. The van der Waals surface area contributed by atoms with Crippen LogP contribution < -0.4 is 16.0 Å². The molecule has 4 rings (SSSR count). The summed E-state index contributed by atoms with van der Waals surface area (Å²) < 4.78 is 30.1. The summed E-state index contributed by atoms with van der Waals surface area (Å²) in [6.07, 6.45) is 1.58. The van der Waals surface area contributed by atoms with Crippen LogP contribution >= 0.6 is 0 Å². The Balaban J connectivity index is 1.69. The zero-order chi connectivity index (χ0) is 21.6. The molecule has 1 aromatic carbocycles. The molecule has 0 saturated carbocycles. The molecule has 9 nitrogen and oxygen atoms in total. The van der Waals surface area contributed by atoms with E-state index in [9.17, 15) is 18.0 Å². The molecule has 0 aliphatic carbocycles. The Hall–Kier alpha value is -3.66. The van der Waals surface area contributed by atoms with Gasteiger partial charge in [-0.1, -0.05) is 18.2 Å². The first-order valence-corrected chi connectivity index (χ1v) is 10.5. The summed E-state index contributed by atoms with van der Waals surface area (Å²) in [6.45, 7) is 1.86. The molecule has 3 heterocycles. The summed E-state index contributed by atoms with van der Waals surface area (Å²) in [5, 5.41) is 0. The predicted molar refractivity (Wildman–Crippen MR) is 114 cm³/mol. The fourth-order valence-corrected chi connectivity index (χ4v) is 4.16. The van der Waals surface area contributed by atoms with Crippen molar-refractivity contribution < 1.29 is 8.42 Å². The lowest BCUT2D eigenvalue weighted by molar-refractivity contribution is 0.601. The lowest BCUT2D eigenvalue weighted by Crippen LogP contribution is -2.36. The summed E-state index contributed by atoms with van der Waals surface area (Å²) in [6, 6.07) is 11.2. The maximum atomic E-state index is 12.6. The van der Waals surface area contributed by atoms with Crippen LogP contribution in [0.5, 0.6) is 0 Å². The molecule has 0 radical (unpaired) electrons. The van der Waals surface area contributed by atoms with Gasteiger partial charge in [-0.25, -0.2) is 18.2 Å². The number of aryl methyl sites for hydroxylation is 2. The lowest BCUT2D eigenvalue weighted by Gasteiger charge is -2.08. The van der Waals surface area contributed by atoms with Crippen LogP contribution in [0.1, 0.15) is 5.56 Å². The maximum absolute atomic E-state index is 12.6. The number of anilines is 1. The van der Waals surface area contributed by atoms with Crippen LogP contribution in [0.2, 0.25) is 0 Å². The number of sulfonamides is 1. The Morgan fingerprint density at radius 2 is 1.70 bits per heavy atom. The normalized spacial score (nSPS) is 11.7. The molecule has 0 amide bonds. The largest absolute Gasteiger partial charge is 0.349 e. The van der Waals surface area contributed by atoms with Gasteiger partial charge in [0.2, 0.25) is 0 Å². The number of hydrogen-bond donors (Lipinski definition) is 2. The molecular formula is C20H19N5O4S. The van der Waals surface area contributed by atoms with Crippen molar-refractivity contribution in [2.75, 3.05) is 4.72 Å². The van der Waals surface area contributed by atoms with Crippen molar-refractivity contribution in [1.29, 1.82) is 0 Å². The van der Waals surface area contributed by atoms with Gasteiger partial charge in [0, 0.05) is 26.0 Å². The number of nitrogens with one attached hydrogen (secondary N) is 2. The molecule has 2 N–H and O–H groups in total. The van der Waals surface area contributed by atoms with Gasteiger partial charge in [0.25, 0.3) is 15.6 Å². The van der Waals surface area contributed by atoms with E-state index in [1.807, 2.05) is 6.92 Å². The van der Waals surface area contributed by atoms with Crippen molar-refractivity contribution in [2.24, 2.45) is 14.1 Å². The smallest absolute Gasteiger partial charge is 0.331 e. The minimum absolute atomic E-state index is 0.0769. The number of rotatable bonds is 4. The maximum Gasteiger partial charge on any atom is 0.331 e. The average Bonchev–Trinajstić information content (AvgIpc) is 3.18. The van der Waals surface area contributed by atoms with Gasteiger partial charge >= 0.3 is 5.69 Å². The number of aromatic nitrogens is 4. The molecule has 0 aliphatic heterocycles. The molecule has 3 aromatic heterocycles. The molecule has 10 heteroatoms. The van der Waals surface area contributed by atoms with Crippen LogP contribution in [0.3, 0.4) is 0 Å². The second-order valence-corrected chi connectivity index (χ2v) is 8.68. The Bertz CT molecular complexity index is 1480. The number of hydrogen-bond acceptors (Lipinski definition) is 5. The Morgan fingerprint density at radius 3 is 2.33 bits per heavy atom. The van der Waals surface area contributed by atoms with Gasteiger partial charge in [0.1, 0.15) is 11.3 Å². The first-order valence-electron chi connectivity index (χ1n) is 9.02. The van der Waals surface area contributed by atoms with E-state index >= 15 is 0 Å². The number of benzene rings is 1. The van der Waals surface area contributed by atoms with Crippen LogP contribution in [0.25, 0.3) is 22.3 Å². The standard InChI is InChI=1S/C20H19N5O4S/c1-12-4-9-17(21-11-12)23-30(28,29)14-7-5-13(6-8-14)15-10-16-18(22-15)19(26)25(3)20(27)24(16)2/h4-11,22H,1-3H3,(H,21,23). The van der Waals surface area contributed by atoms with E-state index in [1.54, 1.807) is 43.6 Å². The van der Waals surface area contributed by atoms with E-state index in [0.29, 0.717) is 22.3 Å². The van der Waals surface area contributed by atoms with Gasteiger partial charge in [-0.3, -0.25) is 18.7 Å². The molecule has 30 heavy (non-hydrogen) atoms. The zero-order valence-corrected chi connectivity index (χ0v) is 17.3. The summed E-state index contributed by atoms with van der Waals surface area (Å²) in [5.74, 6) is 0.233. The van der Waals surface area contributed by atoms with Crippen LogP contribution in [-0.2, 0) is 24.1 Å². The van der Waals surface area contributed by atoms with Crippen molar-refractivity contribution in [3.63, 3.8) is 0 Å². The average molecular weight is 425 g/mol. The molecule has 0 fully saturated rings. The SMILES string of the molecule is Cc1ccc(NS(=O)(=O)c2ccc(-c3cc4c([nH]3)c(=O)n(C)c(=O)n4C)cc2)nc1. The first kappa shape index (κ1) is 19.6. The Labute approximate surface area is 171 Å². The summed E-state index contributed by atoms with van der Waals surface area (Å²) in [5.41, 5.74) is 2.13. The molecule has 0 bridgehead atoms. The topological polar surface area (TPSA) is 119 Å². The van der Waals surface area contributed by atoms with E-state index in [4.69, 9.17) is 0 Å².